The summed E-state index contributed by atoms with van der Waals surface area (Å²) in [6.45, 7) is 0.126. The van der Waals surface area contributed by atoms with Gasteiger partial charge in [0.15, 0.2) is 0 Å². The van der Waals surface area contributed by atoms with E-state index in [2.05, 4.69) is 0 Å². The number of carbonyl (C=O) groups excluding carboxylic acids is 1. The van der Waals surface area contributed by atoms with Crippen molar-refractivity contribution in [2.75, 3.05) is 0 Å². The Morgan fingerprint density at radius 3 is 1.66 bits per heavy atom. The molecule has 0 bridgehead atoms. The van der Waals surface area contributed by atoms with Crippen LogP contribution in [0.1, 0.15) is 28.5 Å². The number of carboxylic acid groups (broad SMARTS) is 1. The Morgan fingerprint density at radius 1 is 0.629 bits per heavy atom. The first-order valence-electron chi connectivity index (χ1n) is 11.8. The topological polar surface area (TPSA) is 63.6 Å². The molecule has 1 N–H and O–H groups in total. The van der Waals surface area contributed by atoms with E-state index in [-0.39, 0.29) is 12.6 Å². The molecule has 35 heavy (non-hydrogen) atoms. The second-order valence-corrected chi connectivity index (χ2v) is 8.89. The fourth-order valence-electron chi connectivity index (χ4n) is 5.32. The van der Waals surface area contributed by atoms with E-state index in [0.717, 1.165) is 27.8 Å². The van der Waals surface area contributed by atoms with Gasteiger partial charge in [-0.1, -0.05) is 115 Å². The van der Waals surface area contributed by atoms with E-state index in [9.17, 15) is 14.7 Å². The van der Waals surface area contributed by atoms with Crippen molar-refractivity contribution in [3.63, 3.8) is 0 Å². The molecular formula is C31H26O4. The molecule has 1 unspecified atom stereocenters. The van der Waals surface area contributed by atoms with Crippen molar-refractivity contribution in [1.82, 2.24) is 0 Å². The summed E-state index contributed by atoms with van der Waals surface area (Å²) in [5, 5.41) is 10.1. The third kappa shape index (κ3) is 4.47. The van der Waals surface area contributed by atoms with Gasteiger partial charge in [0.05, 0.1) is 11.8 Å². The van der Waals surface area contributed by atoms with Crippen molar-refractivity contribution in [1.29, 1.82) is 0 Å². The van der Waals surface area contributed by atoms with E-state index in [1.165, 1.54) is 0 Å². The van der Waals surface area contributed by atoms with Crippen molar-refractivity contribution >= 4 is 11.9 Å². The predicted octanol–water partition coefficient (Wildman–Crippen LogP) is 6.30. The number of hydrogen-bond donors (Lipinski definition) is 1. The number of aliphatic carboxylic acids is 1. The van der Waals surface area contributed by atoms with Crippen molar-refractivity contribution in [3.8, 4) is 11.1 Å². The van der Waals surface area contributed by atoms with Gasteiger partial charge in [-0.2, -0.15) is 0 Å². The van der Waals surface area contributed by atoms with Crippen LogP contribution in [-0.2, 0) is 20.9 Å². The number of rotatable bonds is 7. The van der Waals surface area contributed by atoms with Crippen LogP contribution in [0, 0.1) is 11.8 Å². The molecule has 0 spiro atoms. The number of esters is 1. The van der Waals surface area contributed by atoms with Crippen molar-refractivity contribution in [2.45, 2.75) is 18.4 Å². The Labute approximate surface area is 204 Å². The highest BCUT2D eigenvalue weighted by Crippen LogP contribution is 2.58. The zero-order valence-corrected chi connectivity index (χ0v) is 19.2. The maximum Gasteiger partial charge on any atom is 0.310 e. The Hall–Kier alpha value is -4.18. The lowest BCUT2D eigenvalue weighted by molar-refractivity contribution is -0.165. The maximum atomic E-state index is 13.6. The summed E-state index contributed by atoms with van der Waals surface area (Å²) in [4.78, 5) is 25.9. The average Bonchev–Trinajstić information content (AvgIpc) is 2.89. The smallest absolute Gasteiger partial charge is 0.310 e. The SMILES string of the molecule is O=C(OCc1ccccc1-c1ccccc1)C1[C@@H](c2ccccc2)[C@H](C(=O)O)[C@H]1c1ccccc1. The van der Waals surface area contributed by atoms with Crippen LogP contribution in [0.25, 0.3) is 11.1 Å². The lowest BCUT2D eigenvalue weighted by atomic mass is 9.52. The van der Waals surface area contributed by atoms with Crippen molar-refractivity contribution < 1.29 is 19.4 Å². The third-order valence-corrected chi connectivity index (χ3v) is 6.95. The molecule has 0 heterocycles. The first-order chi connectivity index (χ1) is 17.1. The molecule has 0 amide bonds. The van der Waals surface area contributed by atoms with Crippen LogP contribution in [0.5, 0.6) is 0 Å². The maximum absolute atomic E-state index is 13.6. The highest BCUT2D eigenvalue weighted by Gasteiger charge is 2.59. The molecule has 1 saturated carbocycles. The Kier molecular flexibility index (Phi) is 6.44. The molecule has 4 aromatic carbocycles. The monoisotopic (exact) mass is 462 g/mol. The highest BCUT2D eigenvalue weighted by atomic mass is 16.5. The summed E-state index contributed by atoms with van der Waals surface area (Å²) in [6.07, 6.45) is 0. The van der Waals surface area contributed by atoms with E-state index < -0.39 is 29.6 Å². The van der Waals surface area contributed by atoms with Gasteiger partial charge in [0.25, 0.3) is 0 Å². The number of carboxylic acids is 1. The molecule has 0 aliphatic heterocycles. The normalized spacial score (nSPS) is 21.0. The predicted molar refractivity (Wildman–Crippen MR) is 135 cm³/mol. The zero-order chi connectivity index (χ0) is 24.2. The standard InChI is InChI=1S/C31H26O4/c32-30(33)28-26(22-14-6-2-7-15-22)29(27(28)23-16-8-3-9-17-23)31(34)35-20-24-18-10-11-19-25(24)21-12-4-1-5-13-21/h1-19,26-29H,20H2,(H,32,33)/t26-,27+,28-,29?. The second-order valence-electron chi connectivity index (χ2n) is 8.89. The van der Waals surface area contributed by atoms with Crippen LogP contribution in [0.15, 0.2) is 115 Å². The number of carbonyl (C=O) groups is 2. The molecule has 0 radical (unpaired) electrons. The van der Waals surface area contributed by atoms with Crippen molar-refractivity contribution in [3.05, 3.63) is 132 Å². The summed E-state index contributed by atoms with van der Waals surface area (Å²) in [7, 11) is 0. The Morgan fingerprint density at radius 2 is 1.11 bits per heavy atom. The number of benzene rings is 4. The van der Waals surface area contributed by atoms with E-state index >= 15 is 0 Å². The van der Waals surface area contributed by atoms with E-state index in [1.807, 2.05) is 115 Å². The molecule has 1 aliphatic carbocycles. The quantitative estimate of drug-likeness (QED) is 0.328. The molecule has 4 nitrogen and oxygen atoms in total. The summed E-state index contributed by atoms with van der Waals surface area (Å²) in [5.41, 5.74) is 4.67. The van der Waals surface area contributed by atoms with Gasteiger partial charge in [0, 0.05) is 11.8 Å². The van der Waals surface area contributed by atoms with Crippen LogP contribution in [0.2, 0.25) is 0 Å². The summed E-state index contributed by atoms with van der Waals surface area (Å²) in [5.74, 6) is -3.44. The van der Waals surface area contributed by atoms with E-state index in [0.29, 0.717) is 0 Å². The molecule has 174 valence electrons. The molecule has 0 aromatic heterocycles. The molecule has 4 atom stereocenters. The molecule has 5 rings (SSSR count). The Balaban J connectivity index is 1.44. The van der Waals surface area contributed by atoms with Gasteiger partial charge < -0.3 is 9.84 Å². The zero-order valence-electron chi connectivity index (χ0n) is 19.2. The average molecular weight is 463 g/mol. The molecule has 4 aromatic rings. The van der Waals surface area contributed by atoms with Gasteiger partial charge in [-0.3, -0.25) is 9.59 Å². The van der Waals surface area contributed by atoms with Crippen LogP contribution < -0.4 is 0 Å². The first-order valence-corrected chi connectivity index (χ1v) is 11.8. The van der Waals surface area contributed by atoms with Crippen molar-refractivity contribution in [2.24, 2.45) is 11.8 Å². The summed E-state index contributed by atoms with van der Waals surface area (Å²) < 4.78 is 5.89. The minimum Gasteiger partial charge on any atom is -0.481 e. The first kappa shape index (κ1) is 22.6. The summed E-state index contributed by atoms with van der Waals surface area (Å²) in [6, 6.07) is 36.7. The lowest BCUT2D eigenvalue weighted by Crippen LogP contribution is -2.51. The van der Waals surface area contributed by atoms with Crippen LogP contribution in [-0.4, -0.2) is 17.0 Å². The number of hydrogen-bond acceptors (Lipinski definition) is 3. The van der Waals surface area contributed by atoms with Gasteiger partial charge in [-0.15, -0.1) is 0 Å². The minimum atomic E-state index is -0.897. The van der Waals surface area contributed by atoms with Gasteiger partial charge >= 0.3 is 11.9 Å². The molecule has 0 saturated heterocycles. The Bertz CT molecular complexity index is 1250. The molecule has 1 aliphatic rings. The molecule has 4 heteroatoms. The minimum absolute atomic E-state index is 0.126. The van der Waals surface area contributed by atoms with Gasteiger partial charge in [0.1, 0.15) is 6.61 Å². The fraction of sp³-hybridized carbons (Fsp3) is 0.161. The van der Waals surface area contributed by atoms with E-state index in [1.54, 1.807) is 0 Å². The second kappa shape index (κ2) is 9.98. The lowest BCUT2D eigenvalue weighted by Gasteiger charge is -2.49. The van der Waals surface area contributed by atoms with Gasteiger partial charge in [-0.25, -0.2) is 0 Å². The highest BCUT2D eigenvalue weighted by molar-refractivity contribution is 5.84. The van der Waals surface area contributed by atoms with Crippen LogP contribution in [0.3, 0.4) is 0 Å². The third-order valence-electron chi connectivity index (χ3n) is 6.95. The van der Waals surface area contributed by atoms with Crippen LogP contribution >= 0.6 is 0 Å². The number of ether oxygens (including phenoxy) is 1. The van der Waals surface area contributed by atoms with Crippen LogP contribution in [0.4, 0.5) is 0 Å². The van der Waals surface area contributed by atoms with Gasteiger partial charge in [-0.05, 0) is 27.8 Å². The largest absolute Gasteiger partial charge is 0.481 e. The van der Waals surface area contributed by atoms with E-state index in [4.69, 9.17) is 4.74 Å². The fourth-order valence-corrected chi connectivity index (χ4v) is 5.32. The molecule has 1 fully saturated rings. The van der Waals surface area contributed by atoms with Gasteiger partial charge in [0.2, 0.25) is 0 Å². The summed E-state index contributed by atoms with van der Waals surface area (Å²) >= 11 is 0. The molecular weight excluding hydrogens is 436 g/mol.